The molecule has 0 unspecified atom stereocenters. The minimum absolute atomic E-state index is 0.0407. The third kappa shape index (κ3) is 11.8. The first kappa shape index (κ1) is 72.9. The van der Waals surface area contributed by atoms with Crippen molar-refractivity contribution in [3.8, 4) is 23.0 Å². The fourth-order valence-corrected chi connectivity index (χ4v) is 21.8. The molecule has 12 aliphatic rings. The number of hydrogen-bond acceptors (Lipinski definition) is 9. The molecule has 8 heterocycles. The van der Waals surface area contributed by atoms with Crippen molar-refractivity contribution in [2.24, 2.45) is 23.7 Å². The van der Waals surface area contributed by atoms with Crippen LogP contribution in [0.4, 0.5) is 0 Å². The summed E-state index contributed by atoms with van der Waals surface area (Å²) in [6, 6.07) is 73.4. The number of amides is 4. The third-order valence-corrected chi connectivity index (χ3v) is 26.5. The molecule has 20 rings (SSSR count). The molecule has 0 spiro atoms. The van der Waals surface area contributed by atoms with Crippen LogP contribution in [0.3, 0.4) is 0 Å². The van der Waals surface area contributed by atoms with Gasteiger partial charge in [0, 0.05) is 131 Å². The van der Waals surface area contributed by atoms with Crippen LogP contribution in [0, 0.1) is 23.7 Å². The molecule has 8 aliphatic heterocycles. The van der Waals surface area contributed by atoms with Gasteiger partial charge in [0.15, 0.2) is 22.9 Å². The van der Waals surface area contributed by atoms with Gasteiger partial charge in [0.2, 0.25) is 0 Å². The maximum atomic E-state index is 13.4. The number of ether oxygens (including phenoxy) is 5. The van der Waals surface area contributed by atoms with Crippen molar-refractivity contribution in [2.75, 3.05) is 13.2 Å². The number of hydrogen-bond donors (Lipinski definition) is 0. The Labute approximate surface area is 643 Å². The molecule has 13 heteroatoms. The van der Waals surface area contributed by atoms with E-state index >= 15 is 0 Å². The summed E-state index contributed by atoms with van der Waals surface area (Å²) in [5.74, 6) is 5.26. The molecular weight excluding hydrogens is 1350 g/mol. The van der Waals surface area contributed by atoms with Crippen LogP contribution < -0.4 is 18.9 Å². The lowest BCUT2D eigenvalue weighted by Gasteiger charge is -2.56. The Morgan fingerprint density at radius 1 is 0.321 bits per heavy atom. The summed E-state index contributed by atoms with van der Waals surface area (Å²) in [5.41, 5.74) is 9.70. The highest BCUT2D eigenvalue weighted by molar-refractivity contribution is 5.99. The summed E-state index contributed by atoms with van der Waals surface area (Å²) < 4.78 is 31.4. The van der Waals surface area contributed by atoms with Crippen molar-refractivity contribution in [1.82, 2.24) is 19.6 Å². The number of likely N-dealkylation sites (tertiary alicyclic amines) is 4. The number of fused-ring (bicyclic) bond motifs is 8. The molecule has 8 bridgehead atoms. The van der Waals surface area contributed by atoms with E-state index < -0.39 is 22.9 Å². The van der Waals surface area contributed by atoms with Crippen molar-refractivity contribution in [2.45, 2.75) is 189 Å². The SMILES string of the molecule is C=C1C(=O)N([C@H](C)c2ccccc2)[C@]23CCC[C@H]2[C@H]1c1ccccc1O3.C=C1C(=O)N([C@H](C)c2ccccc2)[C@]23CCC[C@H]2[C@H]1c1ccccc1O3.C=C1C(=O)N([C@H](C)c2ccccc2)[C@]23CCC[C@H]2[C@H]1c1ccccc1O3.C=C1C(=O)N([C@H](C)c2ccccc2)[C@]23CCC[C@H]2[C@H]1c1ccccc1O3.CCOCC. The Balaban J connectivity index is 0.000000108. The van der Waals surface area contributed by atoms with E-state index in [-0.39, 0.29) is 95.1 Å². The lowest BCUT2D eigenvalue weighted by Crippen LogP contribution is -2.65. The van der Waals surface area contributed by atoms with E-state index in [9.17, 15) is 19.2 Å². The molecule has 13 nitrogen and oxygen atoms in total. The first-order chi connectivity index (χ1) is 52.9. The average molecular weight is 1460 g/mol. The molecule has 0 N–H and O–H groups in total. The normalized spacial score (nSPS) is 29.4. The van der Waals surface area contributed by atoms with Gasteiger partial charge in [-0.3, -0.25) is 38.8 Å². The Morgan fingerprint density at radius 3 is 0.706 bits per heavy atom. The lowest BCUT2D eigenvalue weighted by atomic mass is 9.70. The second-order valence-electron chi connectivity index (χ2n) is 31.8. The van der Waals surface area contributed by atoms with Crippen LogP contribution >= 0.6 is 0 Å². The monoisotopic (exact) mass is 1450 g/mol. The zero-order valence-electron chi connectivity index (χ0n) is 63.9. The molecule has 560 valence electrons. The van der Waals surface area contributed by atoms with Crippen LogP contribution in [0.25, 0.3) is 0 Å². The zero-order valence-corrected chi connectivity index (χ0v) is 63.9. The van der Waals surface area contributed by atoms with Gasteiger partial charge < -0.3 is 23.7 Å². The number of rotatable bonds is 10. The quantitative estimate of drug-likeness (QED) is 0.123. The number of benzene rings is 8. The third-order valence-electron chi connectivity index (χ3n) is 26.5. The largest absolute Gasteiger partial charge is 0.467 e. The van der Waals surface area contributed by atoms with Gasteiger partial charge in [-0.05, 0) is 139 Å². The van der Waals surface area contributed by atoms with Crippen molar-refractivity contribution in [1.29, 1.82) is 0 Å². The molecule has 4 saturated carbocycles. The Kier molecular flexibility index (Phi) is 19.6. The van der Waals surface area contributed by atoms with E-state index in [0.29, 0.717) is 22.3 Å². The molecule has 4 saturated heterocycles. The number of piperidine rings is 4. The Morgan fingerprint density at radius 2 is 0.514 bits per heavy atom. The van der Waals surface area contributed by atoms with E-state index in [2.05, 4.69) is 127 Å². The van der Waals surface area contributed by atoms with Crippen LogP contribution in [0.5, 0.6) is 23.0 Å². The van der Waals surface area contributed by atoms with Crippen molar-refractivity contribution in [3.05, 3.63) is 312 Å². The molecule has 109 heavy (non-hydrogen) atoms. The van der Waals surface area contributed by atoms with E-state index in [1.54, 1.807) is 0 Å². The molecule has 8 aromatic rings. The number of carbonyl (C=O) groups excluding carboxylic acids is 4. The van der Waals surface area contributed by atoms with E-state index in [1.165, 1.54) is 0 Å². The molecule has 8 fully saturated rings. The van der Waals surface area contributed by atoms with E-state index in [0.717, 1.165) is 158 Å². The fraction of sp³-hybridized carbons (Fsp3) is 0.375. The summed E-state index contributed by atoms with van der Waals surface area (Å²) in [6.07, 6.45) is 12.1. The lowest BCUT2D eigenvalue weighted by molar-refractivity contribution is -0.181. The van der Waals surface area contributed by atoms with Crippen LogP contribution in [-0.2, 0) is 23.9 Å². The van der Waals surface area contributed by atoms with E-state index in [1.807, 2.05) is 179 Å². The molecule has 4 aliphatic carbocycles. The highest BCUT2D eigenvalue weighted by Crippen LogP contribution is 2.66. The van der Waals surface area contributed by atoms with Gasteiger partial charge in [-0.2, -0.15) is 0 Å². The summed E-state index contributed by atoms with van der Waals surface area (Å²) in [6.45, 7) is 31.1. The second-order valence-corrected chi connectivity index (χ2v) is 31.8. The highest BCUT2D eigenvalue weighted by atomic mass is 16.5. The first-order valence-corrected chi connectivity index (χ1v) is 39.9. The van der Waals surface area contributed by atoms with Gasteiger partial charge in [-0.15, -0.1) is 0 Å². The molecule has 0 aromatic heterocycles. The summed E-state index contributed by atoms with van der Waals surface area (Å²) >= 11 is 0. The number of nitrogens with zero attached hydrogens (tertiary/aromatic N) is 4. The molecule has 16 atom stereocenters. The topological polar surface area (TPSA) is 127 Å². The molecular formula is C96H102N4O9. The summed E-state index contributed by atoms with van der Waals surface area (Å²) in [5, 5.41) is 0. The van der Waals surface area contributed by atoms with Gasteiger partial charge in [-0.25, -0.2) is 0 Å². The average Bonchev–Trinajstić information content (AvgIpc) is 1.69. The molecule has 8 aromatic carbocycles. The van der Waals surface area contributed by atoms with Gasteiger partial charge >= 0.3 is 0 Å². The van der Waals surface area contributed by atoms with Gasteiger partial charge in [-0.1, -0.05) is 220 Å². The summed E-state index contributed by atoms with van der Waals surface area (Å²) in [4.78, 5) is 61.8. The van der Waals surface area contributed by atoms with E-state index in [4.69, 9.17) is 23.7 Å². The second kappa shape index (κ2) is 29.3. The fourth-order valence-electron chi connectivity index (χ4n) is 21.8. The smallest absolute Gasteiger partial charge is 0.253 e. The predicted molar refractivity (Wildman–Crippen MR) is 425 cm³/mol. The molecule has 4 amide bonds. The molecule has 0 radical (unpaired) electrons. The Bertz CT molecular complexity index is 4220. The van der Waals surface area contributed by atoms with Gasteiger partial charge in [0.1, 0.15) is 23.0 Å². The van der Waals surface area contributed by atoms with Gasteiger partial charge in [0.05, 0.1) is 24.2 Å². The minimum atomic E-state index is -0.549. The Hall–Kier alpha value is -10.2. The van der Waals surface area contributed by atoms with Crippen LogP contribution in [0.2, 0.25) is 0 Å². The van der Waals surface area contributed by atoms with Crippen LogP contribution in [0.1, 0.15) is 211 Å². The van der Waals surface area contributed by atoms with Crippen molar-refractivity contribution in [3.63, 3.8) is 0 Å². The summed E-state index contributed by atoms with van der Waals surface area (Å²) in [7, 11) is 0. The standard InChI is InChI=1S/4C23H23NO2.C4H10O/c4*1-15-21-18-11-6-7-13-20(18)26-23(14-8-12-19(21)23)24(22(15)25)16(2)17-9-4-3-5-10-17;1-3-5-4-2/h4*3-7,9-11,13,16,19,21H,1,8,12,14H2,2H3;3-4H2,1-2H3/t4*16-,19+,21-,23+;/m1111./s1. The maximum Gasteiger partial charge on any atom is 0.253 e. The zero-order chi connectivity index (χ0) is 75.7. The number of para-hydroxylation sites is 4. The maximum absolute atomic E-state index is 13.4. The van der Waals surface area contributed by atoms with Crippen LogP contribution in [0.15, 0.2) is 267 Å². The van der Waals surface area contributed by atoms with Crippen molar-refractivity contribution < 1.29 is 42.9 Å². The van der Waals surface area contributed by atoms with Crippen LogP contribution in [-0.4, -0.2) is 79.3 Å². The predicted octanol–water partition coefficient (Wildman–Crippen LogP) is 20.3. The highest BCUT2D eigenvalue weighted by Gasteiger charge is 2.68. The van der Waals surface area contributed by atoms with Crippen molar-refractivity contribution >= 4 is 23.6 Å². The minimum Gasteiger partial charge on any atom is -0.467 e. The van der Waals surface area contributed by atoms with Gasteiger partial charge in [0.25, 0.3) is 23.6 Å². The number of carbonyl (C=O) groups is 4. The first-order valence-electron chi connectivity index (χ1n) is 39.9.